The molecule has 1 aromatic carbocycles. The van der Waals surface area contributed by atoms with E-state index < -0.39 is 0 Å². The van der Waals surface area contributed by atoms with Gasteiger partial charge < -0.3 is 10.6 Å². The molecular formula is C19H20BrN5. The smallest absolute Gasteiger partial charge is 0.225 e. The predicted molar refractivity (Wildman–Crippen MR) is 105 cm³/mol. The standard InChI is InChI=1S/C19H20BrN5/c1-13(2)23-19-24-17(15-6-8-21-9-7-15)11-18(25-19)22-12-14-4-3-5-16(20)10-14/h3-11,13H,12H2,1-2H3,(H2,22,23,24,25). The summed E-state index contributed by atoms with van der Waals surface area (Å²) in [5.41, 5.74) is 3.05. The average molecular weight is 398 g/mol. The molecule has 0 aliphatic heterocycles. The highest BCUT2D eigenvalue weighted by Crippen LogP contribution is 2.22. The summed E-state index contributed by atoms with van der Waals surface area (Å²) in [4.78, 5) is 13.3. The number of nitrogens with one attached hydrogen (secondary N) is 2. The lowest BCUT2D eigenvalue weighted by Crippen LogP contribution is -2.14. The molecule has 0 fully saturated rings. The maximum absolute atomic E-state index is 4.62. The fourth-order valence-corrected chi connectivity index (χ4v) is 2.82. The highest BCUT2D eigenvalue weighted by molar-refractivity contribution is 9.10. The third-order valence-electron chi connectivity index (χ3n) is 3.48. The molecule has 0 saturated carbocycles. The van der Waals surface area contributed by atoms with E-state index in [1.54, 1.807) is 12.4 Å². The molecule has 0 atom stereocenters. The van der Waals surface area contributed by atoms with Crippen molar-refractivity contribution in [3.05, 3.63) is 64.9 Å². The summed E-state index contributed by atoms with van der Waals surface area (Å²) in [7, 11) is 0. The van der Waals surface area contributed by atoms with E-state index in [9.17, 15) is 0 Å². The fraction of sp³-hybridized carbons (Fsp3) is 0.211. The molecule has 3 aromatic rings. The molecule has 6 heteroatoms. The maximum Gasteiger partial charge on any atom is 0.225 e. The first kappa shape index (κ1) is 17.4. The third-order valence-corrected chi connectivity index (χ3v) is 3.98. The lowest BCUT2D eigenvalue weighted by Gasteiger charge is -2.13. The van der Waals surface area contributed by atoms with Crippen LogP contribution in [0.15, 0.2) is 59.3 Å². The van der Waals surface area contributed by atoms with Crippen molar-refractivity contribution in [3.8, 4) is 11.3 Å². The summed E-state index contributed by atoms with van der Waals surface area (Å²) >= 11 is 3.50. The van der Waals surface area contributed by atoms with Gasteiger partial charge >= 0.3 is 0 Å². The van der Waals surface area contributed by atoms with Gasteiger partial charge in [-0.25, -0.2) is 4.98 Å². The number of aromatic nitrogens is 3. The molecule has 2 N–H and O–H groups in total. The Morgan fingerprint density at radius 1 is 1.04 bits per heavy atom. The van der Waals surface area contributed by atoms with Gasteiger partial charge in [0, 0.05) is 41.1 Å². The lowest BCUT2D eigenvalue weighted by atomic mass is 10.2. The molecule has 0 amide bonds. The van der Waals surface area contributed by atoms with Gasteiger partial charge in [-0.05, 0) is 43.7 Å². The molecule has 5 nitrogen and oxygen atoms in total. The first-order valence-electron chi connectivity index (χ1n) is 8.14. The van der Waals surface area contributed by atoms with Crippen molar-refractivity contribution in [2.45, 2.75) is 26.4 Å². The third kappa shape index (κ3) is 5.00. The molecule has 0 spiro atoms. The van der Waals surface area contributed by atoms with E-state index in [0.717, 1.165) is 21.5 Å². The van der Waals surface area contributed by atoms with E-state index in [-0.39, 0.29) is 6.04 Å². The Labute approximate surface area is 156 Å². The highest BCUT2D eigenvalue weighted by atomic mass is 79.9. The van der Waals surface area contributed by atoms with Crippen LogP contribution in [0.4, 0.5) is 11.8 Å². The molecule has 2 heterocycles. The maximum atomic E-state index is 4.62. The minimum absolute atomic E-state index is 0.255. The van der Waals surface area contributed by atoms with Crippen LogP contribution in [0.25, 0.3) is 11.3 Å². The molecule has 0 aliphatic carbocycles. The Balaban J connectivity index is 1.86. The van der Waals surface area contributed by atoms with Crippen LogP contribution in [0, 0.1) is 0 Å². The molecule has 0 aliphatic rings. The van der Waals surface area contributed by atoms with Crippen molar-refractivity contribution in [2.24, 2.45) is 0 Å². The van der Waals surface area contributed by atoms with Crippen LogP contribution >= 0.6 is 15.9 Å². The zero-order valence-electron chi connectivity index (χ0n) is 14.2. The van der Waals surface area contributed by atoms with Crippen molar-refractivity contribution in [1.82, 2.24) is 15.0 Å². The summed E-state index contributed by atoms with van der Waals surface area (Å²) in [5, 5.41) is 6.66. The second-order valence-corrected chi connectivity index (χ2v) is 6.90. The quantitative estimate of drug-likeness (QED) is 0.629. The van der Waals surface area contributed by atoms with Crippen LogP contribution in [0.2, 0.25) is 0 Å². The van der Waals surface area contributed by atoms with E-state index in [4.69, 9.17) is 0 Å². The summed E-state index contributed by atoms with van der Waals surface area (Å²) in [6.07, 6.45) is 3.53. The van der Waals surface area contributed by atoms with Gasteiger partial charge in [0.15, 0.2) is 0 Å². The summed E-state index contributed by atoms with van der Waals surface area (Å²) < 4.78 is 1.06. The summed E-state index contributed by atoms with van der Waals surface area (Å²) in [5.74, 6) is 1.39. The predicted octanol–water partition coefficient (Wildman–Crippen LogP) is 4.73. The normalized spacial score (nSPS) is 10.7. The van der Waals surface area contributed by atoms with Gasteiger partial charge in [-0.1, -0.05) is 28.1 Å². The van der Waals surface area contributed by atoms with E-state index in [2.05, 4.69) is 67.5 Å². The van der Waals surface area contributed by atoms with Crippen LogP contribution in [0.3, 0.4) is 0 Å². The van der Waals surface area contributed by atoms with E-state index in [1.807, 2.05) is 30.3 Å². The van der Waals surface area contributed by atoms with E-state index in [0.29, 0.717) is 12.5 Å². The number of halogens is 1. The Morgan fingerprint density at radius 3 is 2.56 bits per heavy atom. The Morgan fingerprint density at radius 2 is 1.84 bits per heavy atom. The van der Waals surface area contributed by atoms with Gasteiger partial charge in [-0.15, -0.1) is 0 Å². The number of pyridine rings is 1. The topological polar surface area (TPSA) is 62.7 Å². The Kier molecular flexibility index (Phi) is 5.60. The zero-order valence-corrected chi connectivity index (χ0v) is 15.8. The van der Waals surface area contributed by atoms with Gasteiger partial charge in [0.05, 0.1) is 5.69 Å². The molecule has 0 radical (unpaired) electrons. The van der Waals surface area contributed by atoms with Gasteiger partial charge in [0.1, 0.15) is 5.82 Å². The molecular weight excluding hydrogens is 378 g/mol. The minimum Gasteiger partial charge on any atom is -0.366 e. The molecule has 3 rings (SSSR count). The molecule has 128 valence electrons. The first-order valence-corrected chi connectivity index (χ1v) is 8.94. The van der Waals surface area contributed by atoms with Gasteiger partial charge in [-0.3, -0.25) is 4.98 Å². The van der Waals surface area contributed by atoms with Crippen LogP contribution in [-0.2, 0) is 6.54 Å². The van der Waals surface area contributed by atoms with Gasteiger partial charge in [-0.2, -0.15) is 4.98 Å². The second kappa shape index (κ2) is 8.07. The van der Waals surface area contributed by atoms with Crippen LogP contribution in [0.1, 0.15) is 19.4 Å². The SMILES string of the molecule is CC(C)Nc1nc(NCc2cccc(Br)c2)cc(-c2ccncc2)n1. The summed E-state index contributed by atoms with van der Waals surface area (Å²) in [6, 6.07) is 14.3. The molecule has 0 saturated heterocycles. The first-order chi connectivity index (χ1) is 12.1. The Hall–Kier alpha value is -2.47. The fourth-order valence-electron chi connectivity index (χ4n) is 2.37. The van der Waals surface area contributed by atoms with Crippen molar-refractivity contribution < 1.29 is 0 Å². The number of nitrogens with zero attached hydrogens (tertiary/aromatic N) is 3. The van der Waals surface area contributed by atoms with Crippen LogP contribution in [0.5, 0.6) is 0 Å². The number of hydrogen-bond donors (Lipinski definition) is 2. The lowest BCUT2D eigenvalue weighted by molar-refractivity contribution is 0.874. The van der Waals surface area contributed by atoms with Crippen molar-refractivity contribution in [1.29, 1.82) is 0 Å². The number of benzene rings is 1. The minimum atomic E-state index is 0.255. The average Bonchev–Trinajstić information content (AvgIpc) is 2.60. The molecule has 25 heavy (non-hydrogen) atoms. The van der Waals surface area contributed by atoms with Gasteiger partial charge in [0.2, 0.25) is 5.95 Å². The number of anilines is 2. The second-order valence-electron chi connectivity index (χ2n) is 5.98. The van der Waals surface area contributed by atoms with E-state index >= 15 is 0 Å². The highest BCUT2D eigenvalue weighted by Gasteiger charge is 2.08. The van der Waals surface area contributed by atoms with Crippen LogP contribution in [-0.4, -0.2) is 21.0 Å². The van der Waals surface area contributed by atoms with Crippen molar-refractivity contribution in [2.75, 3.05) is 10.6 Å². The van der Waals surface area contributed by atoms with E-state index in [1.165, 1.54) is 5.56 Å². The number of hydrogen-bond acceptors (Lipinski definition) is 5. The molecule has 0 bridgehead atoms. The molecule has 0 unspecified atom stereocenters. The van der Waals surface area contributed by atoms with Crippen LogP contribution < -0.4 is 10.6 Å². The van der Waals surface area contributed by atoms with Crippen molar-refractivity contribution in [3.63, 3.8) is 0 Å². The van der Waals surface area contributed by atoms with Crippen molar-refractivity contribution >= 4 is 27.7 Å². The monoisotopic (exact) mass is 397 g/mol. The zero-order chi connectivity index (χ0) is 17.6. The Bertz CT molecular complexity index is 836. The summed E-state index contributed by atoms with van der Waals surface area (Å²) in [6.45, 7) is 4.82. The molecule has 2 aromatic heterocycles. The number of rotatable bonds is 6. The van der Waals surface area contributed by atoms with Gasteiger partial charge in [0.25, 0.3) is 0 Å². The largest absolute Gasteiger partial charge is 0.366 e.